The summed E-state index contributed by atoms with van der Waals surface area (Å²) in [7, 11) is 1.91. The molecule has 1 atom stereocenters. The highest BCUT2D eigenvalue weighted by Crippen LogP contribution is 2.27. The molecule has 2 aromatic rings. The highest BCUT2D eigenvalue weighted by atomic mass is 79.9. The normalized spacial score (nSPS) is 12.2. The Kier molecular flexibility index (Phi) is 5.37. The van der Waals surface area contributed by atoms with E-state index in [9.17, 15) is 4.39 Å². The minimum atomic E-state index is -0.255. The van der Waals surface area contributed by atoms with E-state index in [1.54, 1.807) is 12.1 Å². The lowest BCUT2D eigenvalue weighted by Gasteiger charge is -2.17. The van der Waals surface area contributed by atoms with E-state index in [0.717, 1.165) is 21.3 Å². The van der Waals surface area contributed by atoms with Crippen LogP contribution in [0.4, 0.5) is 4.39 Å². The van der Waals surface area contributed by atoms with Gasteiger partial charge in [0.05, 0.1) is 0 Å². The van der Waals surface area contributed by atoms with Gasteiger partial charge < -0.3 is 10.1 Å². The maximum absolute atomic E-state index is 13.8. The Hall–Kier alpha value is -1.39. The molecule has 2 rings (SSSR count). The van der Waals surface area contributed by atoms with Crippen LogP contribution in [0, 0.1) is 12.7 Å². The van der Waals surface area contributed by atoms with Crippen LogP contribution in [0.3, 0.4) is 0 Å². The first-order valence-electron chi connectivity index (χ1n) is 6.86. The van der Waals surface area contributed by atoms with E-state index in [1.165, 1.54) is 6.07 Å². The number of aryl methyl sites for hydroxylation is 1. The standard InChI is InChI=1S/C17H19BrFNO/c1-11-4-6-15(12(2)20-3)17(8-11)21-10-13-9-14(18)5-7-16(13)19/h4-9,12,20H,10H2,1-3H3. The van der Waals surface area contributed by atoms with E-state index in [1.807, 2.05) is 26.1 Å². The first kappa shape index (κ1) is 16.0. The lowest BCUT2D eigenvalue weighted by atomic mass is 10.1. The second-order valence-corrected chi connectivity index (χ2v) is 5.99. The largest absolute Gasteiger partial charge is 0.488 e. The number of hydrogen-bond acceptors (Lipinski definition) is 2. The lowest BCUT2D eigenvalue weighted by molar-refractivity contribution is 0.294. The zero-order valence-electron chi connectivity index (χ0n) is 12.4. The number of hydrogen-bond donors (Lipinski definition) is 1. The van der Waals surface area contributed by atoms with Crippen LogP contribution in [0.25, 0.3) is 0 Å². The Morgan fingerprint density at radius 3 is 2.71 bits per heavy atom. The molecule has 0 amide bonds. The third-order valence-electron chi connectivity index (χ3n) is 3.46. The van der Waals surface area contributed by atoms with E-state index < -0.39 is 0 Å². The Bertz CT molecular complexity index is 630. The SMILES string of the molecule is CNC(C)c1ccc(C)cc1OCc1cc(Br)ccc1F. The molecule has 2 nitrogen and oxygen atoms in total. The highest BCUT2D eigenvalue weighted by molar-refractivity contribution is 9.10. The third-order valence-corrected chi connectivity index (χ3v) is 3.95. The van der Waals surface area contributed by atoms with Gasteiger partial charge in [0.2, 0.25) is 0 Å². The van der Waals surface area contributed by atoms with E-state index in [0.29, 0.717) is 5.56 Å². The first-order chi connectivity index (χ1) is 10.0. The lowest BCUT2D eigenvalue weighted by Crippen LogP contribution is -2.14. The predicted molar refractivity (Wildman–Crippen MR) is 87.1 cm³/mol. The quantitative estimate of drug-likeness (QED) is 0.838. The van der Waals surface area contributed by atoms with Crippen molar-refractivity contribution in [2.45, 2.75) is 26.5 Å². The van der Waals surface area contributed by atoms with Gasteiger partial charge >= 0.3 is 0 Å². The highest BCUT2D eigenvalue weighted by Gasteiger charge is 2.11. The van der Waals surface area contributed by atoms with Gasteiger partial charge in [0, 0.05) is 21.6 Å². The van der Waals surface area contributed by atoms with Gasteiger partial charge in [-0.15, -0.1) is 0 Å². The molecule has 112 valence electrons. The molecular weight excluding hydrogens is 333 g/mol. The van der Waals surface area contributed by atoms with Crippen LogP contribution in [0.1, 0.15) is 29.7 Å². The van der Waals surface area contributed by atoms with Gasteiger partial charge in [-0.1, -0.05) is 28.1 Å². The second kappa shape index (κ2) is 7.05. The summed E-state index contributed by atoms with van der Waals surface area (Å²) in [5, 5.41) is 3.20. The van der Waals surface area contributed by atoms with Crippen molar-refractivity contribution >= 4 is 15.9 Å². The molecule has 0 aromatic heterocycles. The molecule has 0 radical (unpaired) electrons. The summed E-state index contributed by atoms with van der Waals surface area (Å²) in [6, 6.07) is 11.1. The summed E-state index contributed by atoms with van der Waals surface area (Å²) in [4.78, 5) is 0. The predicted octanol–water partition coefficient (Wildman–Crippen LogP) is 4.76. The molecule has 0 saturated carbocycles. The molecule has 0 bridgehead atoms. The topological polar surface area (TPSA) is 21.3 Å². The first-order valence-corrected chi connectivity index (χ1v) is 7.65. The van der Waals surface area contributed by atoms with Crippen LogP contribution in [-0.2, 0) is 6.61 Å². The van der Waals surface area contributed by atoms with E-state index in [2.05, 4.69) is 34.2 Å². The van der Waals surface area contributed by atoms with Gasteiger partial charge in [0.25, 0.3) is 0 Å². The molecule has 0 saturated heterocycles. The molecule has 0 aliphatic carbocycles. The number of benzene rings is 2. The van der Waals surface area contributed by atoms with Crippen molar-refractivity contribution in [2.24, 2.45) is 0 Å². The van der Waals surface area contributed by atoms with Gasteiger partial charge in [-0.2, -0.15) is 0 Å². The van der Waals surface area contributed by atoms with Crippen LogP contribution in [0.15, 0.2) is 40.9 Å². The summed E-state index contributed by atoms with van der Waals surface area (Å²) >= 11 is 3.35. The number of ether oxygens (including phenoxy) is 1. The molecule has 0 spiro atoms. The van der Waals surface area contributed by atoms with Crippen LogP contribution < -0.4 is 10.1 Å². The molecule has 1 unspecified atom stereocenters. The van der Waals surface area contributed by atoms with Gasteiger partial charge in [-0.25, -0.2) is 4.39 Å². The fourth-order valence-corrected chi connectivity index (χ4v) is 2.50. The Labute approximate surface area is 133 Å². The maximum Gasteiger partial charge on any atom is 0.129 e. The van der Waals surface area contributed by atoms with Crippen LogP contribution >= 0.6 is 15.9 Å². The molecule has 0 fully saturated rings. The molecular formula is C17H19BrFNO. The van der Waals surface area contributed by atoms with Crippen molar-refractivity contribution in [1.29, 1.82) is 0 Å². The van der Waals surface area contributed by atoms with E-state index in [-0.39, 0.29) is 18.5 Å². The van der Waals surface area contributed by atoms with Crippen molar-refractivity contribution in [3.05, 3.63) is 63.4 Å². The van der Waals surface area contributed by atoms with E-state index >= 15 is 0 Å². The molecule has 21 heavy (non-hydrogen) atoms. The summed E-state index contributed by atoms with van der Waals surface area (Å²) in [5.74, 6) is 0.533. The monoisotopic (exact) mass is 351 g/mol. The van der Waals surface area contributed by atoms with Crippen molar-refractivity contribution in [3.63, 3.8) is 0 Å². The molecule has 0 heterocycles. The molecule has 0 aliphatic heterocycles. The molecule has 1 N–H and O–H groups in total. The fourth-order valence-electron chi connectivity index (χ4n) is 2.09. The summed E-state index contributed by atoms with van der Waals surface area (Å²) in [6.45, 7) is 4.29. The summed E-state index contributed by atoms with van der Waals surface area (Å²) in [6.07, 6.45) is 0. The molecule has 4 heteroatoms. The van der Waals surface area contributed by atoms with Crippen molar-refractivity contribution in [1.82, 2.24) is 5.32 Å². The van der Waals surface area contributed by atoms with Crippen molar-refractivity contribution in [2.75, 3.05) is 7.05 Å². The number of rotatable bonds is 5. The number of nitrogens with one attached hydrogen (secondary N) is 1. The molecule has 2 aromatic carbocycles. The smallest absolute Gasteiger partial charge is 0.129 e. The average Bonchev–Trinajstić information content (AvgIpc) is 2.47. The zero-order valence-corrected chi connectivity index (χ0v) is 14.0. The third kappa shape index (κ3) is 4.05. The minimum absolute atomic E-state index is 0.174. The Balaban J connectivity index is 2.23. The fraction of sp³-hybridized carbons (Fsp3) is 0.294. The van der Waals surface area contributed by atoms with Crippen LogP contribution in [0.5, 0.6) is 5.75 Å². The average molecular weight is 352 g/mol. The minimum Gasteiger partial charge on any atom is -0.488 e. The van der Waals surface area contributed by atoms with Gasteiger partial charge in [-0.3, -0.25) is 0 Å². The maximum atomic E-state index is 13.8. The van der Waals surface area contributed by atoms with Gasteiger partial charge in [0.1, 0.15) is 18.2 Å². The van der Waals surface area contributed by atoms with Crippen molar-refractivity contribution in [3.8, 4) is 5.75 Å². The van der Waals surface area contributed by atoms with Crippen LogP contribution in [-0.4, -0.2) is 7.05 Å². The summed E-state index contributed by atoms with van der Waals surface area (Å²) in [5.41, 5.74) is 2.72. The second-order valence-electron chi connectivity index (χ2n) is 5.08. The molecule has 0 aliphatic rings. The zero-order chi connectivity index (χ0) is 15.4. The van der Waals surface area contributed by atoms with Gasteiger partial charge in [-0.05, 0) is 50.7 Å². The Morgan fingerprint density at radius 1 is 1.24 bits per heavy atom. The Morgan fingerprint density at radius 2 is 2.00 bits per heavy atom. The van der Waals surface area contributed by atoms with E-state index in [4.69, 9.17) is 4.74 Å². The van der Waals surface area contributed by atoms with Crippen LogP contribution in [0.2, 0.25) is 0 Å². The van der Waals surface area contributed by atoms with Gasteiger partial charge in [0.15, 0.2) is 0 Å². The summed E-state index contributed by atoms with van der Waals surface area (Å²) < 4.78 is 20.5. The number of halogens is 2. The van der Waals surface area contributed by atoms with Crippen molar-refractivity contribution < 1.29 is 9.13 Å².